The summed E-state index contributed by atoms with van der Waals surface area (Å²) in [7, 11) is -2.32. The van der Waals surface area contributed by atoms with Gasteiger partial charge < -0.3 is 15.5 Å². The molecule has 12 heteroatoms. The average Bonchev–Trinajstić information content (AvgIpc) is 3.34. The lowest BCUT2D eigenvalue weighted by molar-refractivity contribution is -0.144. The van der Waals surface area contributed by atoms with Crippen LogP contribution < -0.4 is 5.32 Å². The fraction of sp³-hybridized carbons (Fsp3) is 0.385. The zero-order chi connectivity index (χ0) is 27.4. The molecule has 2 fully saturated rings. The summed E-state index contributed by atoms with van der Waals surface area (Å²) in [6.45, 7) is 0. The number of halogens is 3. The third-order valence-corrected chi connectivity index (χ3v) is 10.5. The van der Waals surface area contributed by atoms with E-state index in [1.54, 1.807) is 13.2 Å². The van der Waals surface area contributed by atoms with Crippen LogP contribution in [0.1, 0.15) is 47.7 Å². The van der Waals surface area contributed by atoms with Crippen LogP contribution in [0.15, 0.2) is 53.7 Å². The molecule has 0 saturated heterocycles. The van der Waals surface area contributed by atoms with E-state index in [9.17, 15) is 32.2 Å². The molecule has 1 aromatic heterocycles. The minimum absolute atomic E-state index is 0.00331. The lowest BCUT2D eigenvalue weighted by Crippen LogP contribution is -2.52. The van der Waals surface area contributed by atoms with E-state index >= 15 is 0 Å². The second-order valence-corrected chi connectivity index (χ2v) is 12.7. The zero-order valence-electron chi connectivity index (χ0n) is 20.3. The molecule has 38 heavy (non-hydrogen) atoms. The predicted molar refractivity (Wildman–Crippen MR) is 135 cm³/mol. The predicted octanol–water partition coefficient (Wildman–Crippen LogP) is 4.03. The third kappa shape index (κ3) is 4.51. The van der Waals surface area contributed by atoms with Gasteiger partial charge in [0.1, 0.15) is 11.7 Å². The maximum atomic E-state index is 13.7. The number of anilines is 1. The van der Waals surface area contributed by atoms with Crippen LogP contribution in [0.3, 0.4) is 0 Å². The average molecular weight is 566 g/mol. The van der Waals surface area contributed by atoms with Crippen LogP contribution in [0.4, 0.5) is 14.5 Å². The van der Waals surface area contributed by atoms with Gasteiger partial charge in [-0.1, -0.05) is 11.6 Å². The molecule has 1 heterocycles. The van der Waals surface area contributed by atoms with Gasteiger partial charge in [-0.3, -0.25) is 9.48 Å². The second kappa shape index (κ2) is 9.71. The lowest BCUT2D eigenvalue weighted by atomic mass is 9.70. The molecule has 3 N–H and O–H groups in total. The molecule has 3 atom stereocenters. The van der Waals surface area contributed by atoms with Crippen LogP contribution in [0.5, 0.6) is 0 Å². The van der Waals surface area contributed by atoms with Crippen molar-refractivity contribution in [1.29, 1.82) is 0 Å². The van der Waals surface area contributed by atoms with Gasteiger partial charge in [0.25, 0.3) is 5.91 Å². The fourth-order valence-electron chi connectivity index (χ4n) is 5.91. The van der Waals surface area contributed by atoms with Gasteiger partial charge in [0.05, 0.1) is 21.4 Å². The van der Waals surface area contributed by atoms with E-state index in [-0.39, 0.29) is 34.0 Å². The molecule has 8 nitrogen and oxygen atoms in total. The van der Waals surface area contributed by atoms with Crippen LogP contribution >= 0.6 is 11.6 Å². The standard InChI is InChI=1S/C26H26ClF2N3O5S/c1-32-13-15(12-30-32)24(33)26(35)16-3-4-17(26)10-19(9-16)38(36,37)23-8-14(2-6-20(23)27)25(34)31-18-5-7-21(28)22(29)11-18/h2,5-8,11-13,16-17,19,24,33,35H,3-4,9-10H2,1H3,(H,31,34). The van der Waals surface area contributed by atoms with E-state index in [4.69, 9.17) is 11.6 Å². The number of nitrogens with one attached hydrogen (secondary N) is 1. The lowest BCUT2D eigenvalue weighted by Gasteiger charge is -2.45. The highest BCUT2D eigenvalue weighted by Gasteiger charge is 2.59. The Morgan fingerprint density at radius 2 is 1.84 bits per heavy atom. The molecule has 202 valence electrons. The first-order valence-electron chi connectivity index (χ1n) is 12.1. The number of aromatic nitrogens is 2. The largest absolute Gasteiger partial charge is 0.386 e. The number of hydrogen-bond acceptors (Lipinski definition) is 6. The number of sulfone groups is 1. The third-order valence-electron chi connectivity index (χ3n) is 7.86. The van der Waals surface area contributed by atoms with Gasteiger partial charge in [0.15, 0.2) is 21.5 Å². The Balaban J connectivity index is 1.38. The van der Waals surface area contributed by atoms with Crippen molar-refractivity contribution >= 4 is 33.0 Å². The molecule has 2 saturated carbocycles. The van der Waals surface area contributed by atoms with Gasteiger partial charge in [0.2, 0.25) is 0 Å². The van der Waals surface area contributed by atoms with Gasteiger partial charge in [-0.2, -0.15) is 5.10 Å². The van der Waals surface area contributed by atoms with Crippen molar-refractivity contribution in [3.63, 3.8) is 0 Å². The van der Waals surface area contributed by atoms with Crippen molar-refractivity contribution in [2.45, 2.75) is 47.5 Å². The molecule has 0 aliphatic heterocycles. The zero-order valence-corrected chi connectivity index (χ0v) is 21.9. The summed E-state index contributed by atoms with van der Waals surface area (Å²) in [5.74, 6) is -3.85. The summed E-state index contributed by atoms with van der Waals surface area (Å²) in [5.41, 5.74) is -1.04. The van der Waals surface area contributed by atoms with Crippen LogP contribution in [-0.4, -0.2) is 45.2 Å². The number of rotatable bonds is 6. The Morgan fingerprint density at radius 3 is 2.45 bits per heavy atom. The number of aryl methyl sites for hydroxylation is 1. The second-order valence-electron chi connectivity index (χ2n) is 10.1. The van der Waals surface area contributed by atoms with Crippen molar-refractivity contribution in [2.75, 3.05) is 5.32 Å². The Hall–Kier alpha value is -2.86. The number of nitrogens with zero attached hydrogens (tertiary/aromatic N) is 2. The van der Waals surface area contributed by atoms with Gasteiger partial charge in [-0.15, -0.1) is 0 Å². The molecule has 2 bridgehead atoms. The molecular weight excluding hydrogens is 540 g/mol. The molecular formula is C26H26ClF2N3O5S. The molecule has 1 amide bonds. The van der Waals surface area contributed by atoms with Gasteiger partial charge in [0, 0.05) is 36.1 Å². The van der Waals surface area contributed by atoms with Crippen molar-refractivity contribution < 1.29 is 32.2 Å². The summed E-state index contributed by atoms with van der Waals surface area (Å²) < 4.78 is 55.7. The van der Waals surface area contributed by atoms with Crippen LogP contribution in [0.25, 0.3) is 0 Å². The van der Waals surface area contributed by atoms with E-state index in [0.717, 1.165) is 12.1 Å². The van der Waals surface area contributed by atoms with Crippen molar-refractivity contribution in [1.82, 2.24) is 9.78 Å². The Morgan fingerprint density at radius 1 is 1.16 bits per heavy atom. The molecule has 5 rings (SSSR count). The van der Waals surface area contributed by atoms with Crippen molar-refractivity contribution in [3.8, 4) is 0 Å². The number of carbonyl (C=O) groups is 1. The van der Waals surface area contributed by atoms with Crippen LogP contribution in [0, 0.1) is 23.5 Å². The van der Waals surface area contributed by atoms with E-state index in [1.165, 1.54) is 35.1 Å². The molecule has 3 aromatic rings. The SMILES string of the molecule is Cn1cc(C(O)C2(O)C3CCC2CC(S(=O)(=O)c2cc(C(=O)Nc4ccc(F)c(F)c4)ccc2Cl)C3)cn1. The first-order valence-corrected chi connectivity index (χ1v) is 14.0. The van der Waals surface area contributed by atoms with Crippen LogP contribution in [-0.2, 0) is 16.9 Å². The minimum atomic E-state index is -4.03. The Kier molecular flexibility index (Phi) is 6.83. The topological polar surface area (TPSA) is 122 Å². The summed E-state index contributed by atoms with van der Waals surface area (Å²) in [6, 6.07) is 6.67. The quantitative estimate of drug-likeness (QED) is 0.415. The summed E-state index contributed by atoms with van der Waals surface area (Å²) in [5, 5.41) is 28.2. The van der Waals surface area contributed by atoms with E-state index in [1.807, 2.05) is 0 Å². The Labute approximate surface area is 223 Å². The highest BCUT2D eigenvalue weighted by molar-refractivity contribution is 7.92. The summed E-state index contributed by atoms with van der Waals surface area (Å²) in [6.07, 6.45) is 3.28. The number of benzene rings is 2. The molecule has 2 aliphatic rings. The highest BCUT2D eigenvalue weighted by Crippen LogP contribution is 2.56. The fourth-order valence-corrected chi connectivity index (χ4v) is 8.31. The summed E-state index contributed by atoms with van der Waals surface area (Å²) in [4.78, 5) is 12.5. The molecule has 3 unspecified atom stereocenters. The van der Waals surface area contributed by atoms with Crippen LogP contribution in [0.2, 0.25) is 5.02 Å². The number of aliphatic hydroxyl groups excluding tert-OH is 1. The maximum Gasteiger partial charge on any atom is 0.255 e. The normalized spacial score (nSPS) is 25.8. The first kappa shape index (κ1) is 26.7. The highest BCUT2D eigenvalue weighted by atomic mass is 35.5. The number of aliphatic hydroxyl groups is 2. The van der Waals surface area contributed by atoms with E-state index in [0.29, 0.717) is 18.4 Å². The monoisotopic (exact) mass is 565 g/mol. The molecule has 0 radical (unpaired) electrons. The van der Waals surface area contributed by atoms with E-state index < -0.39 is 56.2 Å². The number of amides is 1. The van der Waals surface area contributed by atoms with Gasteiger partial charge in [-0.05, 0) is 67.9 Å². The number of carbonyl (C=O) groups excluding carboxylic acids is 1. The maximum absolute atomic E-state index is 13.7. The van der Waals surface area contributed by atoms with E-state index in [2.05, 4.69) is 10.4 Å². The van der Waals surface area contributed by atoms with Gasteiger partial charge >= 0.3 is 0 Å². The first-order chi connectivity index (χ1) is 17.9. The molecule has 2 aliphatic carbocycles. The number of hydrogen-bond donors (Lipinski definition) is 3. The molecule has 2 aromatic carbocycles. The van der Waals surface area contributed by atoms with Crippen molar-refractivity contribution in [2.24, 2.45) is 18.9 Å². The smallest absolute Gasteiger partial charge is 0.255 e. The summed E-state index contributed by atoms with van der Waals surface area (Å²) >= 11 is 6.28. The Bertz CT molecular complexity index is 1500. The van der Waals surface area contributed by atoms with Crippen molar-refractivity contribution in [3.05, 3.63) is 76.6 Å². The minimum Gasteiger partial charge on any atom is -0.386 e. The van der Waals surface area contributed by atoms with Gasteiger partial charge in [-0.25, -0.2) is 17.2 Å². The number of fused-ring (bicyclic) bond motifs is 2. The molecule has 0 spiro atoms.